The van der Waals surface area contributed by atoms with Crippen molar-refractivity contribution in [2.45, 2.75) is 25.3 Å². The average Bonchev–Trinajstić information content (AvgIpc) is 3.40. The molecule has 2 heterocycles. The second-order valence-corrected chi connectivity index (χ2v) is 6.95. The number of rotatable bonds is 3. The van der Waals surface area contributed by atoms with Crippen LogP contribution in [-0.4, -0.2) is 33.4 Å². The van der Waals surface area contributed by atoms with Crippen LogP contribution in [0, 0.1) is 17.6 Å². The van der Waals surface area contributed by atoms with Crippen LogP contribution < -0.4 is 5.56 Å². The molecule has 0 unspecified atom stereocenters. The van der Waals surface area contributed by atoms with Gasteiger partial charge >= 0.3 is 5.97 Å². The molecular formula is C19H16F2N2O4. The van der Waals surface area contributed by atoms with E-state index in [9.17, 15) is 23.2 Å². The molecule has 1 aliphatic heterocycles. The van der Waals surface area contributed by atoms with Crippen LogP contribution in [0.15, 0.2) is 29.1 Å². The monoisotopic (exact) mass is 374 g/mol. The third-order valence-corrected chi connectivity index (χ3v) is 5.22. The summed E-state index contributed by atoms with van der Waals surface area (Å²) in [5.41, 5.74) is 0.545. The SMILES string of the molecule is O=C(O)c1cc2c([nH]c1=O)CCN(C(=O)[C@@H]1C[C@H]1c1ccc(F)cc1F)C2. The van der Waals surface area contributed by atoms with Crippen molar-refractivity contribution in [2.24, 2.45) is 5.92 Å². The second-order valence-electron chi connectivity index (χ2n) is 6.95. The van der Waals surface area contributed by atoms with Crippen LogP contribution in [0.5, 0.6) is 0 Å². The van der Waals surface area contributed by atoms with E-state index in [0.29, 0.717) is 36.2 Å². The number of carboxylic acids is 1. The van der Waals surface area contributed by atoms with Crippen LogP contribution in [-0.2, 0) is 17.8 Å². The maximum Gasteiger partial charge on any atom is 0.341 e. The summed E-state index contributed by atoms with van der Waals surface area (Å²) in [6.45, 7) is 0.587. The predicted octanol–water partition coefficient (Wildman–Crippen LogP) is 2.04. The fraction of sp³-hybridized carbons (Fsp3) is 0.316. The highest BCUT2D eigenvalue weighted by Crippen LogP contribution is 2.49. The smallest absolute Gasteiger partial charge is 0.341 e. The van der Waals surface area contributed by atoms with Gasteiger partial charge in [-0.2, -0.15) is 0 Å². The van der Waals surface area contributed by atoms with Gasteiger partial charge in [-0.1, -0.05) is 6.07 Å². The number of benzene rings is 1. The Bertz CT molecular complexity index is 1020. The van der Waals surface area contributed by atoms with E-state index in [1.807, 2.05) is 0 Å². The molecular weight excluding hydrogens is 358 g/mol. The number of aromatic amines is 1. The number of nitrogens with one attached hydrogen (secondary N) is 1. The molecule has 2 atom stereocenters. The first kappa shape index (κ1) is 17.4. The zero-order valence-corrected chi connectivity index (χ0v) is 14.2. The van der Waals surface area contributed by atoms with Gasteiger partial charge < -0.3 is 15.0 Å². The van der Waals surface area contributed by atoms with Crippen molar-refractivity contribution in [3.8, 4) is 0 Å². The van der Waals surface area contributed by atoms with Crippen LogP contribution in [0.25, 0.3) is 0 Å². The summed E-state index contributed by atoms with van der Waals surface area (Å²) in [4.78, 5) is 39.8. The molecule has 2 aromatic rings. The molecule has 0 saturated heterocycles. The van der Waals surface area contributed by atoms with Gasteiger partial charge in [-0.3, -0.25) is 9.59 Å². The Morgan fingerprint density at radius 3 is 2.70 bits per heavy atom. The number of halogens is 2. The normalized spacial score (nSPS) is 20.9. The van der Waals surface area contributed by atoms with Gasteiger partial charge in [0, 0.05) is 37.2 Å². The first-order chi connectivity index (χ1) is 12.8. The summed E-state index contributed by atoms with van der Waals surface area (Å²) >= 11 is 0. The number of hydrogen-bond acceptors (Lipinski definition) is 3. The molecule has 0 bridgehead atoms. The summed E-state index contributed by atoms with van der Waals surface area (Å²) in [5.74, 6) is -3.41. The Morgan fingerprint density at radius 1 is 1.22 bits per heavy atom. The molecule has 1 aromatic carbocycles. The number of aromatic nitrogens is 1. The number of aromatic carboxylic acids is 1. The average molecular weight is 374 g/mol. The number of fused-ring (bicyclic) bond motifs is 1. The van der Waals surface area contributed by atoms with Gasteiger partial charge in [0.25, 0.3) is 5.56 Å². The lowest BCUT2D eigenvalue weighted by atomic mass is 10.0. The van der Waals surface area contributed by atoms with Gasteiger partial charge in [-0.15, -0.1) is 0 Å². The number of H-pyrrole nitrogens is 1. The summed E-state index contributed by atoms with van der Waals surface area (Å²) in [5, 5.41) is 9.08. The lowest BCUT2D eigenvalue weighted by molar-refractivity contribution is -0.133. The largest absolute Gasteiger partial charge is 0.477 e. The van der Waals surface area contributed by atoms with Crippen LogP contribution >= 0.6 is 0 Å². The summed E-state index contributed by atoms with van der Waals surface area (Å²) in [6, 6.07) is 4.67. The Labute approximate surface area is 152 Å². The van der Waals surface area contributed by atoms with Gasteiger partial charge in [0.2, 0.25) is 5.91 Å². The van der Waals surface area contributed by atoms with E-state index in [2.05, 4.69) is 4.98 Å². The van der Waals surface area contributed by atoms with Crippen LogP contribution in [0.3, 0.4) is 0 Å². The van der Waals surface area contributed by atoms with Crippen LogP contribution in [0.2, 0.25) is 0 Å². The van der Waals surface area contributed by atoms with Gasteiger partial charge in [0.05, 0.1) is 0 Å². The summed E-state index contributed by atoms with van der Waals surface area (Å²) in [6.07, 6.45) is 0.912. The molecule has 2 aliphatic rings. The molecule has 1 saturated carbocycles. The predicted molar refractivity (Wildman–Crippen MR) is 90.3 cm³/mol. The summed E-state index contributed by atoms with van der Waals surface area (Å²) in [7, 11) is 0. The Kier molecular flexibility index (Phi) is 4.05. The van der Waals surface area contributed by atoms with Crippen LogP contribution in [0.4, 0.5) is 8.78 Å². The van der Waals surface area contributed by atoms with Crippen molar-refractivity contribution in [3.63, 3.8) is 0 Å². The molecule has 0 radical (unpaired) electrons. The number of carbonyl (C=O) groups is 2. The fourth-order valence-corrected chi connectivity index (χ4v) is 3.70. The minimum absolute atomic E-state index is 0.141. The number of amides is 1. The Balaban J connectivity index is 1.51. The zero-order valence-electron chi connectivity index (χ0n) is 14.2. The maximum atomic E-state index is 13.9. The highest BCUT2D eigenvalue weighted by atomic mass is 19.1. The van der Waals surface area contributed by atoms with Gasteiger partial charge in [-0.25, -0.2) is 13.6 Å². The van der Waals surface area contributed by atoms with E-state index in [1.54, 1.807) is 4.90 Å². The van der Waals surface area contributed by atoms with Crippen molar-refractivity contribution in [1.82, 2.24) is 9.88 Å². The van der Waals surface area contributed by atoms with Crippen molar-refractivity contribution in [1.29, 1.82) is 0 Å². The Morgan fingerprint density at radius 2 is 2.00 bits per heavy atom. The fourth-order valence-electron chi connectivity index (χ4n) is 3.70. The zero-order chi connectivity index (χ0) is 19.3. The molecule has 1 amide bonds. The van der Waals surface area contributed by atoms with Gasteiger partial charge in [0.1, 0.15) is 17.2 Å². The van der Waals surface area contributed by atoms with E-state index in [-0.39, 0.29) is 29.9 Å². The maximum absolute atomic E-state index is 13.9. The molecule has 4 rings (SSSR count). The van der Waals surface area contributed by atoms with Gasteiger partial charge in [-0.05, 0) is 35.6 Å². The number of carboxylic acid groups (broad SMARTS) is 1. The molecule has 1 aromatic heterocycles. The molecule has 6 nitrogen and oxygen atoms in total. The molecule has 140 valence electrons. The highest BCUT2D eigenvalue weighted by molar-refractivity contribution is 5.87. The number of carbonyl (C=O) groups excluding carboxylic acids is 1. The standard InChI is InChI=1S/C19H16F2N2O4/c20-10-1-2-11(15(21)6-10)12-7-13(12)18(25)23-4-3-16-9(8-23)5-14(19(26)27)17(24)22-16/h1-2,5-6,12-13H,3-4,7-8H2,(H,22,24)(H,26,27)/t12-,13+/m0/s1. The number of pyridine rings is 1. The lowest BCUT2D eigenvalue weighted by Gasteiger charge is -2.29. The van der Waals surface area contributed by atoms with Crippen LogP contribution in [0.1, 0.15) is 39.5 Å². The first-order valence-corrected chi connectivity index (χ1v) is 8.57. The number of hydrogen-bond donors (Lipinski definition) is 2. The van der Waals surface area contributed by atoms with E-state index in [0.717, 1.165) is 6.07 Å². The quantitative estimate of drug-likeness (QED) is 0.860. The molecule has 1 fully saturated rings. The molecule has 2 N–H and O–H groups in total. The van der Waals surface area contributed by atoms with Gasteiger partial charge in [0.15, 0.2) is 0 Å². The van der Waals surface area contributed by atoms with E-state index < -0.39 is 23.2 Å². The molecule has 0 spiro atoms. The van der Waals surface area contributed by atoms with E-state index >= 15 is 0 Å². The third kappa shape index (κ3) is 3.11. The van der Waals surface area contributed by atoms with E-state index in [4.69, 9.17) is 5.11 Å². The Hall–Kier alpha value is -3.03. The summed E-state index contributed by atoms with van der Waals surface area (Å²) < 4.78 is 27.0. The van der Waals surface area contributed by atoms with Crippen molar-refractivity contribution >= 4 is 11.9 Å². The third-order valence-electron chi connectivity index (χ3n) is 5.22. The minimum Gasteiger partial charge on any atom is -0.477 e. The topological polar surface area (TPSA) is 90.5 Å². The molecule has 27 heavy (non-hydrogen) atoms. The van der Waals surface area contributed by atoms with Crippen molar-refractivity contribution < 1.29 is 23.5 Å². The second kappa shape index (κ2) is 6.29. The molecule has 1 aliphatic carbocycles. The van der Waals surface area contributed by atoms with E-state index in [1.165, 1.54) is 18.2 Å². The minimum atomic E-state index is -1.32. The van der Waals surface area contributed by atoms with Crippen molar-refractivity contribution in [3.05, 3.63) is 68.6 Å². The number of nitrogens with zero attached hydrogens (tertiary/aromatic N) is 1. The first-order valence-electron chi connectivity index (χ1n) is 8.57. The van der Waals surface area contributed by atoms with Crippen molar-refractivity contribution in [2.75, 3.05) is 6.54 Å². The lowest BCUT2D eigenvalue weighted by Crippen LogP contribution is -2.38. The highest BCUT2D eigenvalue weighted by Gasteiger charge is 2.47. The molecule has 8 heteroatoms.